The van der Waals surface area contributed by atoms with Gasteiger partial charge in [-0.15, -0.1) is 0 Å². The van der Waals surface area contributed by atoms with Gasteiger partial charge in [0.15, 0.2) is 5.11 Å². The maximum atomic E-state index is 5.97. The van der Waals surface area contributed by atoms with Gasteiger partial charge in [0, 0.05) is 48.1 Å². The highest BCUT2D eigenvalue weighted by Crippen LogP contribution is 2.46. The van der Waals surface area contributed by atoms with Crippen LogP contribution in [-0.4, -0.2) is 42.0 Å². The van der Waals surface area contributed by atoms with E-state index < -0.39 is 0 Å². The second kappa shape index (κ2) is 11.6. The van der Waals surface area contributed by atoms with Gasteiger partial charge in [-0.3, -0.25) is 4.98 Å². The van der Waals surface area contributed by atoms with E-state index in [4.69, 9.17) is 26.7 Å². The summed E-state index contributed by atoms with van der Waals surface area (Å²) in [7, 11) is 3.32. The molecule has 1 aliphatic rings. The quantitative estimate of drug-likeness (QED) is 0.236. The van der Waals surface area contributed by atoms with Crippen LogP contribution < -0.4 is 24.6 Å². The highest BCUT2D eigenvalue weighted by atomic mass is 32.1. The van der Waals surface area contributed by atoms with Crippen molar-refractivity contribution in [1.29, 1.82) is 0 Å². The molecule has 2 aromatic carbocycles. The number of benzene rings is 2. The zero-order valence-electron chi connectivity index (χ0n) is 24.0. The van der Waals surface area contributed by atoms with Crippen molar-refractivity contribution in [2.24, 2.45) is 0 Å². The third kappa shape index (κ3) is 4.88. The molecule has 1 aliphatic heterocycles. The lowest BCUT2D eigenvalue weighted by atomic mass is 9.96. The van der Waals surface area contributed by atoms with E-state index in [2.05, 4.69) is 77.7 Å². The van der Waals surface area contributed by atoms with E-state index in [1.165, 1.54) is 11.3 Å². The summed E-state index contributed by atoms with van der Waals surface area (Å²) in [5, 5.41) is 4.19. The van der Waals surface area contributed by atoms with E-state index in [0.717, 1.165) is 47.3 Å². The van der Waals surface area contributed by atoms with Gasteiger partial charge in [-0.2, -0.15) is 0 Å². The molecule has 2 aromatic heterocycles. The summed E-state index contributed by atoms with van der Waals surface area (Å²) >= 11 is 5.97. The SMILES string of the molecule is CCN(CC)c1ccc(-n2c(C)cc(C3C(c4ccccn4)NC(=S)N3c3ccc(OC)cc3OC)c2C)cc1. The van der Waals surface area contributed by atoms with Gasteiger partial charge in [-0.25, -0.2) is 0 Å². The number of hydrogen-bond acceptors (Lipinski definition) is 5. The van der Waals surface area contributed by atoms with Crippen molar-refractivity contribution in [1.82, 2.24) is 14.9 Å². The molecule has 4 aromatic rings. The molecule has 0 bridgehead atoms. The van der Waals surface area contributed by atoms with Crippen LogP contribution in [-0.2, 0) is 0 Å². The fourth-order valence-electron chi connectivity index (χ4n) is 5.80. The number of thiocarbonyl (C=S) groups is 1. The van der Waals surface area contributed by atoms with Crippen LogP contribution >= 0.6 is 12.2 Å². The van der Waals surface area contributed by atoms with Crippen LogP contribution in [0.5, 0.6) is 11.5 Å². The van der Waals surface area contributed by atoms with Crippen molar-refractivity contribution in [2.75, 3.05) is 37.1 Å². The molecule has 2 unspecified atom stereocenters. The summed E-state index contributed by atoms with van der Waals surface area (Å²) in [5.74, 6) is 1.42. The van der Waals surface area contributed by atoms with Gasteiger partial charge in [0.05, 0.1) is 37.7 Å². The molecule has 0 saturated carbocycles. The minimum Gasteiger partial charge on any atom is -0.497 e. The van der Waals surface area contributed by atoms with E-state index >= 15 is 0 Å². The van der Waals surface area contributed by atoms with Gasteiger partial charge in [0.2, 0.25) is 0 Å². The Hall–Kier alpha value is -4.04. The molecule has 7 nitrogen and oxygen atoms in total. The van der Waals surface area contributed by atoms with Crippen LogP contribution in [0, 0.1) is 13.8 Å². The molecule has 1 saturated heterocycles. The molecule has 5 rings (SSSR count). The number of hydrogen-bond donors (Lipinski definition) is 1. The molecular weight excluding hydrogens is 518 g/mol. The van der Waals surface area contributed by atoms with Crippen molar-refractivity contribution < 1.29 is 9.47 Å². The normalized spacial score (nSPS) is 16.6. The van der Waals surface area contributed by atoms with Crippen molar-refractivity contribution in [2.45, 2.75) is 39.8 Å². The first-order valence-electron chi connectivity index (χ1n) is 13.7. The second-order valence-electron chi connectivity index (χ2n) is 9.88. The third-order valence-electron chi connectivity index (χ3n) is 7.77. The van der Waals surface area contributed by atoms with Gasteiger partial charge >= 0.3 is 0 Å². The van der Waals surface area contributed by atoms with Crippen LogP contribution in [0.25, 0.3) is 5.69 Å². The van der Waals surface area contributed by atoms with Crippen molar-refractivity contribution in [3.8, 4) is 17.2 Å². The fraction of sp³-hybridized carbons (Fsp3) is 0.312. The molecule has 8 heteroatoms. The lowest BCUT2D eigenvalue weighted by Crippen LogP contribution is -2.30. The summed E-state index contributed by atoms with van der Waals surface area (Å²) in [6, 6.07) is 22.6. The van der Waals surface area contributed by atoms with Gasteiger partial charge < -0.3 is 29.2 Å². The third-order valence-corrected chi connectivity index (χ3v) is 8.08. The summed E-state index contributed by atoms with van der Waals surface area (Å²) in [5.41, 5.74) is 7.65. The first-order chi connectivity index (χ1) is 19.4. The lowest BCUT2D eigenvalue weighted by Gasteiger charge is -2.29. The summed E-state index contributed by atoms with van der Waals surface area (Å²) < 4.78 is 13.6. The molecule has 208 valence electrons. The van der Waals surface area contributed by atoms with Crippen LogP contribution in [0.2, 0.25) is 0 Å². The number of anilines is 2. The zero-order chi connectivity index (χ0) is 28.4. The van der Waals surface area contributed by atoms with Gasteiger partial charge in [-0.1, -0.05) is 6.07 Å². The smallest absolute Gasteiger partial charge is 0.174 e. The predicted molar refractivity (Wildman–Crippen MR) is 166 cm³/mol. The number of aryl methyl sites for hydroxylation is 1. The first-order valence-corrected chi connectivity index (χ1v) is 14.1. The molecule has 0 radical (unpaired) electrons. The number of methoxy groups -OCH3 is 2. The summed E-state index contributed by atoms with van der Waals surface area (Å²) in [6.07, 6.45) is 1.83. The largest absolute Gasteiger partial charge is 0.497 e. The molecule has 0 spiro atoms. The Morgan fingerprint density at radius 2 is 1.70 bits per heavy atom. The van der Waals surface area contributed by atoms with E-state index in [-0.39, 0.29) is 12.1 Å². The van der Waals surface area contributed by atoms with E-state index in [0.29, 0.717) is 10.9 Å². The number of ether oxygens (including phenoxy) is 2. The second-order valence-corrected chi connectivity index (χ2v) is 10.3. The highest BCUT2D eigenvalue weighted by molar-refractivity contribution is 7.80. The number of rotatable bonds is 9. The van der Waals surface area contributed by atoms with Crippen LogP contribution in [0.15, 0.2) is 72.9 Å². The van der Waals surface area contributed by atoms with Gasteiger partial charge in [-0.05, 0) is 100 Å². The Morgan fingerprint density at radius 1 is 0.950 bits per heavy atom. The van der Waals surface area contributed by atoms with Gasteiger partial charge in [0.1, 0.15) is 11.5 Å². The topological polar surface area (TPSA) is 54.8 Å². The van der Waals surface area contributed by atoms with Crippen molar-refractivity contribution in [3.63, 3.8) is 0 Å². The maximum absolute atomic E-state index is 5.97. The van der Waals surface area contributed by atoms with Crippen LogP contribution in [0.1, 0.15) is 48.6 Å². The fourth-order valence-corrected chi connectivity index (χ4v) is 6.14. The van der Waals surface area contributed by atoms with Crippen LogP contribution in [0.4, 0.5) is 11.4 Å². The molecule has 0 amide bonds. The zero-order valence-corrected chi connectivity index (χ0v) is 24.8. The molecular formula is C32H37N5O2S. The Kier molecular flexibility index (Phi) is 7.98. The number of nitrogens with zero attached hydrogens (tertiary/aromatic N) is 4. The Bertz CT molecular complexity index is 1480. The number of nitrogens with one attached hydrogen (secondary N) is 1. The van der Waals surface area contributed by atoms with Gasteiger partial charge in [0.25, 0.3) is 0 Å². The lowest BCUT2D eigenvalue weighted by molar-refractivity contribution is 0.394. The average molecular weight is 556 g/mol. The minimum absolute atomic E-state index is 0.153. The monoisotopic (exact) mass is 555 g/mol. The Labute approximate surface area is 242 Å². The van der Waals surface area contributed by atoms with E-state index in [9.17, 15) is 0 Å². The molecule has 1 fully saturated rings. The molecule has 40 heavy (non-hydrogen) atoms. The summed E-state index contributed by atoms with van der Waals surface area (Å²) in [4.78, 5) is 9.23. The Morgan fingerprint density at radius 3 is 2.33 bits per heavy atom. The molecule has 1 N–H and O–H groups in total. The highest BCUT2D eigenvalue weighted by Gasteiger charge is 2.43. The average Bonchev–Trinajstić information content (AvgIpc) is 3.48. The molecule has 3 heterocycles. The van der Waals surface area contributed by atoms with E-state index in [1.54, 1.807) is 14.2 Å². The van der Waals surface area contributed by atoms with Crippen molar-refractivity contribution >= 4 is 28.7 Å². The standard InChI is InChI=1S/C32H37N5O2S/c1-7-35(8-2)23-12-14-24(15-13-23)36-21(3)19-26(22(36)4)31-30(27-11-9-10-18-33-27)34-32(40)37(31)28-17-16-25(38-5)20-29(28)39-6/h9-20,30-31H,7-8H2,1-6H3,(H,34,40). The summed E-state index contributed by atoms with van der Waals surface area (Å²) in [6.45, 7) is 10.7. The Balaban J connectivity index is 1.64. The predicted octanol–water partition coefficient (Wildman–Crippen LogP) is 6.53. The van der Waals surface area contributed by atoms with E-state index in [1.807, 2.05) is 42.6 Å². The van der Waals surface area contributed by atoms with Crippen molar-refractivity contribution in [3.05, 3.63) is 95.6 Å². The number of pyridine rings is 1. The molecule has 2 atom stereocenters. The number of aromatic nitrogens is 2. The maximum Gasteiger partial charge on any atom is 0.174 e. The minimum atomic E-state index is -0.153. The first kappa shape index (κ1) is 27.5. The molecule has 0 aliphatic carbocycles. The van der Waals surface area contributed by atoms with Crippen LogP contribution in [0.3, 0.4) is 0 Å².